The molecule has 2 aromatic rings. The van der Waals surface area contributed by atoms with E-state index in [1.807, 2.05) is 25.1 Å². The van der Waals surface area contributed by atoms with Gasteiger partial charge >= 0.3 is 0 Å². The summed E-state index contributed by atoms with van der Waals surface area (Å²) in [4.78, 5) is 16.4. The van der Waals surface area contributed by atoms with Crippen molar-refractivity contribution in [2.45, 2.75) is 38.1 Å². The number of aryl methyl sites for hydroxylation is 1. The third kappa shape index (κ3) is 4.82. The smallest absolute Gasteiger partial charge is 0.243 e. The van der Waals surface area contributed by atoms with Crippen LogP contribution in [-0.2, 0) is 21.4 Å². The molecule has 2 aliphatic rings. The van der Waals surface area contributed by atoms with Crippen LogP contribution in [-0.4, -0.2) is 62.9 Å². The Bertz CT molecular complexity index is 1060. The van der Waals surface area contributed by atoms with Gasteiger partial charge in [0.05, 0.1) is 11.5 Å². The zero-order valence-electron chi connectivity index (χ0n) is 18.8. The van der Waals surface area contributed by atoms with Crippen LogP contribution in [0, 0.1) is 6.92 Å². The molecule has 2 heterocycles. The van der Waals surface area contributed by atoms with Crippen molar-refractivity contribution in [1.82, 2.24) is 9.21 Å². The monoisotopic (exact) mass is 457 g/mol. The Labute approximate surface area is 190 Å². The molecule has 8 heteroatoms. The summed E-state index contributed by atoms with van der Waals surface area (Å²) in [6.45, 7) is 8.20. The van der Waals surface area contributed by atoms with E-state index in [1.165, 1.54) is 5.56 Å². The molecule has 0 spiro atoms. The highest BCUT2D eigenvalue weighted by molar-refractivity contribution is 7.89. The number of amides is 1. The van der Waals surface area contributed by atoms with Crippen molar-refractivity contribution < 1.29 is 17.9 Å². The van der Waals surface area contributed by atoms with Gasteiger partial charge in [0, 0.05) is 51.4 Å². The molecule has 0 unspecified atom stereocenters. The normalized spacial score (nSPS) is 18.3. The quantitative estimate of drug-likeness (QED) is 0.639. The highest BCUT2D eigenvalue weighted by atomic mass is 32.2. The lowest BCUT2D eigenvalue weighted by Crippen LogP contribution is -2.48. The van der Waals surface area contributed by atoms with Gasteiger partial charge in [-0.2, -0.15) is 4.31 Å². The minimum absolute atomic E-state index is 0.101. The largest absolute Gasteiger partial charge is 0.494 e. The van der Waals surface area contributed by atoms with E-state index in [0.717, 1.165) is 24.4 Å². The standard InChI is InChI=1S/C24H31N3O4S/c1-3-31-22-9-6-20(7-10-22)18-25-13-15-26(16-14-25)32(29,30)23-11-8-21(17-19(23)2)27-12-4-5-24(27)28/h6-11,17H,3-5,12-16,18H2,1-2H3. The minimum Gasteiger partial charge on any atom is -0.494 e. The molecule has 0 saturated carbocycles. The Morgan fingerprint density at radius 1 is 0.969 bits per heavy atom. The Kier molecular flexibility index (Phi) is 6.83. The predicted octanol–water partition coefficient (Wildman–Crippen LogP) is 3.03. The summed E-state index contributed by atoms with van der Waals surface area (Å²) in [7, 11) is -3.57. The summed E-state index contributed by atoms with van der Waals surface area (Å²) in [6, 6.07) is 13.3. The first kappa shape index (κ1) is 22.8. The van der Waals surface area contributed by atoms with Gasteiger partial charge < -0.3 is 9.64 Å². The molecule has 172 valence electrons. The Hall–Kier alpha value is -2.42. The lowest BCUT2D eigenvalue weighted by molar-refractivity contribution is -0.117. The lowest BCUT2D eigenvalue weighted by Gasteiger charge is -2.34. The molecule has 0 aliphatic carbocycles. The third-order valence-electron chi connectivity index (χ3n) is 6.13. The van der Waals surface area contributed by atoms with Crippen LogP contribution in [0.4, 0.5) is 5.69 Å². The van der Waals surface area contributed by atoms with E-state index >= 15 is 0 Å². The fourth-order valence-corrected chi connectivity index (χ4v) is 6.02. The number of carbonyl (C=O) groups excluding carboxylic acids is 1. The number of hydrogen-bond donors (Lipinski definition) is 0. The van der Waals surface area contributed by atoms with Crippen LogP contribution < -0.4 is 9.64 Å². The first-order valence-electron chi connectivity index (χ1n) is 11.2. The molecule has 0 radical (unpaired) electrons. The topological polar surface area (TPSA) is 70.2 Å². The number of rotatable bonds is 7. The second kappa shape index (κ2) is 9.60. The Morgan fingerprint density at radius 3 is 2.28 bits per heavy atom. The van der Waals surface area contributed by atoms with Crippen molar-refractivity contribution in [2.75, 3.05) is 44.2 Å². The van der Waals surface area contributed by atoms with Crippen molar-refractivity contribution in [1.29, 1.82) is 0 Å². The van der Waals surface area contributed by atoms with Gasteiger partial charge in [-0.25, -0.2) is 8.42 Å². The van der Waals surface area contributed by atoms with Gasteiger partial charge in [0.1, 0.15) is 5.75 Å². The molecule has 0 N–H and O–H groups in total. The van der Waals surface area contributed by atoms with E-state index in [4.69, 9.17) is 4.74 Å². The maximum absolute atomic E-state index is 13.3. The molecule has 0 aromatic heterocycles. The average Bonchev–Trinajstić information content (AvgIpc) is 3.21. The number of anilines is 1. The number of piperazine rings is 1. The molecule has 32 heavy (non-hydrogen) atoms. The molecule has 0 atom stereocenters. The average molecular weight is 458 g/mol. The summed E-state index contributed by atoms with van der Waals surface area (Å²) in [5, 5.41) is 0. The minimum atomic E-state index is -3.57. The van der Waals surface area contributed by atoms with E-state index < -0.39 is 10.0 Å². The molecule has 4 rings (SSSR count). The molecular weight excluding hydrogens is 426 g/mol. The summed E-state index contributed by atoms with van der Waals surface area (Å²) in [5.74, 6) is 0.964. The first-order chi connectivity index (χ1) is 15.4. The van der Waals surface area contributed by atoms with Crippen LogP contribution in [0.25, 0.3) is 0 Å². The van der Waals surface area contributed by atoms with Crippen LogP contribution >= 0.6 is 0 Å². The van der Waals surface area contributed by atoms with Crippen LogP contribution in [0.15, 0.2) is 47.4 Å². The van der Waals surface area contributed by atoms with E-state index in [-0.39, 0.29) is 5.91 Å². The van der Waals surface area contributed by atoms with Gasteiger partial charge in [0.25, 0.3) is 0 Å². The fourth-order valence-electron chi connectivity index (χ4n) is 4.40. The molecule has 2 fully saturated rings. The number of carbonyl (C=O) groups is 1. The van der Waals surface area contributed by atoms with Crippen LogP contribution in [0.1, 0.15) is 30.9 Å². The van der Waals surface area contributed by atoms with Crippen LogP contribution in [0.5, 0.6) is 5.75 Å². The van der Waals surface area contributed by atoms with E-state index in [0.29, 0.717) is 56.2 Å². The van der Waals surface area contributed by atoms with E-state index in [2.05, 4.69) is 17.0 Å². The third-order valence-corrected chi connectivity index (χ3v) is 8.19. The fraction of sp³-hybridized carbons (Fsp3) is 0.458. The van der Waals surface area contributed by atoms with E-state index in [1.54, 1.807) is 28.3 Å². The van der Waals surface area contributed by atoms with Crippen LogP contribution in [0.2, 0.25) is 0 Å². The van der Waals surface area contributed by atoms with Gasteiger partial charge in [-0.15, -0.1) is 0 Å². The maximum atomic E-state index is 13.3. The number of sulfonamides is 1. The number of benzene rings is 2. The first-order valence-corrected chi connectivity index (χ1v) is 12.7. The molecule has 2 aromatic carbocycles. The summed E-state index contributed by atoms with van der Waals surface area (Å²) < 4.78 is 33.6. The lowest BCUT2D eigenvalue weighted by atomic mass is 10.2. The highest BCUT2D eigenvalue weighted by Crippen LogP contribution is 2.28. The van der Waals surface area contributed by atoms with Crippen molar-refractivity contribution in [3.63, 3.8) is 0 Å². The van der Waals surface area contributed by atoms with Gasteiger partial charge in [-0.05, 0) is 61.7 Å². The molecule has 0 bridgehead atoms. The summed E-state index contributed by atoms with van der Waals surface area (Å²) in [6.07, 6.45) is 1.40. The van der Waals surface area contributed by atoms with Crippen molar-refractivity contribution in [3.8, 4) is 5.75 Å². The highest BCUT2D eigenvalue weighted by Gasteiger charge is 2.30. The van der Waals surface area contributed by atoms with Gasteiger partial charge in [-0.1, -0.05) is 12.1 Å². The molecular formula is C24H31N3O4S. The zero-order chi connectivity index (χ0) is 22.7. The SMILES string of the molecule is CCOc1ccc(CN2CCN(S(=O)(=O)c3ccc(N4CCCC4=O)cc3C)CC2)cc1. The predicted molar refractivity (Wildman–Crippen MR) is 124 cm³/mol. The number of nitrogens with zero attached hydrogens (tertiary/aromatic N) is 3. The molecule has 2 aliphatic heterocycles. The van der Waals surface area contributed by atoms with Crippen molar-refractivity contribution in [2.24, 2.45) is 0 Å². The Morgan fingerprint density at radius 2 is 1.69 bits per heavy atom. The summed E-state index contributed by atoms with van der Waals surface area (Å²) >= 11 is 0. The van der Waals surface area contributed by atoms with Gasteiger partial charge in [0.2, 0.25) is 15.9 Å². The number of hydrogen-bond acceptors (Lipinski definition) is 5. The van der Waals surface area contributed by atoms with Crippen molar-refractivity contribution >= 4 is 21.6 Å². The molecule has 2 saturated heterocycles. The zero-order valence-corrected chi connectivity index (χ0v) is 19.6. The van der Waals surface area contributed by atoms with E-state index in [9.17, 15) is 13.2 Å². The maximum Gasteiger partial charge on any atom is 0.243 e. The molecule has 1 amide bonds. The van der Waals surface area contributed by atoms with Crippen LogP contribution in [0.3, 0.4) is 0 Å². The van der Waals surface area contributed by atoms with Crippen molar-refractivity contribution in [3.05, 3.63) is 53.6 Å². The van der Waals surface area contributed by atoms with Gasteiger partial charge in [-0.3, -0.25) is 9.69 Å². The second-order valence-corrected chi connectivity index (χ2v) is 10.3. The second-order valence-electron chi connectivity index (χ2n) is 8.36. The number of ether oxygens (including phenoxy) is 1. The summed E-state index contributed by atoms with van der Waals surface area (Å²) in [5.41, 5.74) is 2.65. The van der Waals surface area contributed by atoms with Gasteiger partial charge in [0.15, 0.2) is 0 Å². The Balaban J connectivity index is 1.38. The molecule has 7 nitrogen and oxygen atoms in total.